The minimum atomic E-state index is -0.245. The lowest BCUT2D eigenvalue weighted by Gasteiger charge is -2.16. The van der Waals surface area contributed by atoms with E-state index in [9.17, 15) is 9.90 Å². The Hall–Kier alpha value is -0.870. The van der Waals surface area contributed by atoms with Crippen LogP contribution in [0.3, 0.4) is 0 Å². The quantitative estimate of drug-likeness (QED) is 0.719. The summed E-state index contributed by atoms with van der Waals surface area (Å²) in [5.41, 5.74) is 1.50. The minimum Gasteiger partial charge on any atom is -0.392 e. The molecule has 0 saturated carbocycles. The van der Waals surface area contributed by atoms with E-state index < -0.39 is 0 Å². The van der Waals surface area contributed by atoms with Gasteiger partial charge in [0.15, 0.2) is 0 Å². The maximum absolute atomic E-state index is 11.7. The highest BCUT2D eigenvalue weighted by Gasteiger charge is 2.21. The first-order valence-corrected chi connectivity index (χ1v) is 7.09. The van der Waals surface area contributed by atoms with Crippen molar-refractivity contribution in [2.24, 2.45) is 0 Å². The molecule has 0 radical (unpaired) electrons. The van der Waals surface area contributed by atoms with Gasteiger partial charge in [0.25, 0.3) is 0 Å². The van der Waals surface area contributed by atoms with Crippen LogP contribution in [0.2, 0.25) is 0 Å². The molecule has 2 N–H and O–H groups in total. The molecule has 18 heavy (non-hydrogen) atoms. The SMILES string of the molecule is O=C(CN1CCC(O)C1)NCCC1=CCCCC1. The van der Waals surface area contributed by atoms with E-state index in [0.29, 0.717) is 13.1 Å². The topological polar surface area (TPSA) is 52.6 Å². The first-order chi connectivity index (χ1) is 8.74. The molecular weight excluding hydrogens is 228 g/mol. The number of nitrogens with one attached hydrogen (secondary N) is 1. The number of carbonyl (C=O) groups excluding carboxylic acids is 1. The molecule has 1 saturated heterocycles. The number of aliphatic hydroxyl groups excluding tert-OH is 1. The van der Waals surface area contributed by atoms with Gasteiger partial charge in [-0.1, -0.05) is 11.6 Å². The van der Waals surface area contributed by atoms with Gasteiger partial charge in [-0.2, -0.15) is 0 Å². The molecule has 4 heteroatoms. The maximum atomic E-state index is 11.7. The van der Waals surface area contributed by atoms with Crippen LogP contribution < -0.4 is 5.32 Å². The fourth-order valence-electron chi connectivity index (χ4n) is 2.71. The van der Waals surface area contributed by atoms with E-state index in [1.54, 1.807) is 0 Å². The summed E-state index contributed by atoms with van der Waals surface area (Å²) < 4.78 is 0. The second-order valence-corrected chi connectivity index (χ2v) is 5.39. The minimum absolute atomic E-state index is 0.0838. The Balaban J connectivity index is 1.58. The molecule has 4 nitrogen and oxygen atoms in total. The number of carbonyl (C=O) groups is 1. The van der Waals surface area contributed by atoms with E-state index in [2.05, 4.69) is 11.4 Å². The number of amides is 1. The molecule has 1 atom stereocenters. The molecule has 0 aromatic heterocycles. The van der Waals surface area contributed by atoms with Crippen LogP contribution in [0.1, 0.15) is 38.5 Å². The molecule has 2 aliphatic rings. The van der Waals surface area contributed by atoms with Gasteiger partial charge in [-0.3, -0.25) is 9.69 Å². The number of nitrogens with zero attached hydrogens (tertiary/aromatic N) is 1. The maximum Gasteiger partial charge on any atom is 0.234 e. The summed E-state index contributed by atoms with van der Waals surface area (Å²) in [4.78, 5) is 13.7. The molecule has 0 bridgehead atoms. The van der Waals surface area contributed by atoms with E-state index in [0.717, 1.165) is 25.9 Å². The second-order valence-electron chi connectivity index (χ2n) is 5.39. The van der Waals surface area contributed by atoms with Crippen LogP contribution in [0.5, 0.6) is 0 Å². The molecule has 0 spiro atoms. The van der Waals surface area contributed by atoms with E-state index in [1.165, 1.54) is 31.3 Å². The van der Waals surface area contributed by atoms with Gasteiger partial charge in [-0.15, -0.1) is 0 Å². The summed E-state index contributed by atoms with van der Waals surface area (Å²) in [6, 6.07) is 0. The average Bonchev–Trinajstić information content (AvgIpc) is 2.76. The van der Waals surface area contributed by atoms with Crippen LogP contribution in [0.25, 0.3) is 0 Å². The molecule has 2 rings (SSSR count). The van der Waals surface area contributed by atoms with Crippen LogP contribution in [-0.4, -0.2) is 48.2 Å². The average molecular weight is 252 g/mol. The Kier molecular flexibility index (Phi) is 5.20. The summed E-state index contributed by atoms with van der Waals surface area (Å²) in [5.74, 6) is 0.0838. The normalized spacial score (nSPS) is 24.9. The zero-order valence-corrected chi connectivity index (χ0v) is 11.0. The molecule has 1 unspecified atom stereocenters. The predicted octanol–water partition coefficient (Wildman–Crippen LogP) is 1.06. The third-order valence-electron chi connectivity index (χ3n) is 3.77. The van der Waals surface area contributed by atoms with Crippen molar-refractivity contribution in [2.45, 2.75) is 44.6 Å². The highest BCUT2D eigenvalue weighted by Crippen LogP contribution is 2.19. The number of allylic oxidation sites excluding steroid dienone is 1. The van der Waals surface area contributed by atoms with Crippen molar-refractivity contribution in [1.82, 2.24) is 10.2 Å². The lowest BCUT2D eigenvalue weighted by molar-refractivity contribution is -0.122. The molecule has 0 aromatic carbocycles. The number of hydrogen-bond donors (Lipinski definition) is 2. The predicted molar refractivity (Wildman–Crippen MR) is 71.2 cm³/mol. The van der Waals surface area contributed by atoms with Crippen molar-refractivity contribution in [3.05, 3.63) is 11.6 Å². The Morgan fingerprint density at radius 2 is 2.39 bits per heavy atom. The summed E-state index contributed by atoms with van der Waals surface area (Å²) >= 11 is 0. The Bertz CT molecular complexity index is 315. The van der Waals surface area contributed by atoms with Crippen LogP contribution in [0.15, 0.2) is 11.6 Å². The standard InChI is InChI=1S/C14H24N2O2/c17-13-7-9-16(10-13)11-14(18)15-8-6-12-4-2-1-3-5-12/h4,13,17H,1-3,5-11H2,(H,15,18). The van der Waals surface area contributed by atoms with Crippen molar-refractivity contribution >= 4 is 5.91 Å². The van der Waals surface area contributed by atoms with E-state index in [1.807, 2.05) is 4.90 Å². The van der Waals surface area contributed by atoms with Crippen molar-refractivity contribution in [3.63, 3.8) is 0 Å². The lowest BCUT2D eigenvalue weighted by Crippen LogP contribution is -2.36. The molecule has 0 aromatic rings. The van der Waals surface area contributed by atoms with Crippen molar-refractivity contribution in [1.29, 1.82) is 0 Å². The van der Waals surface area contributed by atoms with E-state index in [4.69, 9.17) is 0 Å². The van der Waals surface area contributed by atoms with Crippen LogP contribution >= 0.6 is 0 Å². The molecule has 102 valence electrons. The van der Waals surface area contributed by atoms with Crippen LogP contribution in [-0.2, 0) is 4.79 Å². The number of hydrogen-bond acceptors (Lipinski definition) is 3. The van der Waals surface area contributed by atoms with E-state index >= 15 is 0 Å². The highest BCUT2D eigenvalue weighted by atomic mass is 16.3. The third kappa shape index (κ3) is 4.42. The van der Waals surface area contributed by atoms with Gasteiger partial charge >= 0.3 is 0 Å². The largest absolute Gasteiger partial charge is 0.392 e. The molecule has 1 fully saturated rings. The number of aliphatic hydroxyl groups is 1. The van der Waals surface area contributed by atoms with Gasteiger partial charge < -0.3 is 10.4 Å². The summed E-state index contributed by atoms with van der Waals surface area (Å²) in [5, 5.41) is 12.3. The van der Waals surface area contributed by atoms with Crippen molar-refractivity contribution < 1.29 is 9.90 Å². The van der Waals surface area contributed by atoms with Crippen LogP contribution in [0, 0.1) is 0 Å². The van der Waals surface area contributed by atoms with Gasteiger partial charge in [0.2, 0.25) is 5.91 Å². The Morgan fingerprint density at radius 1 is 1.50 bits per heavy atom. The fraction of sp³-hybridized carbons (Fsp3) is 0.786. The summed E-state index contributed by atoms with van der Waals surface area (Å²) in [7, 11) is 0. The van der Waals surface area contributed by atoms with Crippen LogP contribution in [0.4, 0.5) is 0 Å². The Morgan fingerprint density at radius 3 is 3.06 bits per heavy atom. The van der Waals surface area contributed by atoms with E-state index in [-0.39, 0.29) is 12.0 Å². The molecule has 1 heterocycles. The zero-order chi connectivity index (χ0) is 12.8. The summed E-state index contributed by atoms with van der Waals surface area (Å²) in [6.07, 6.45) is 8.88. The number of likely N-dealkylation sites (tertiary alicyclic amines) is 1. The highest BCUT2D eigenvalue weighted by molar-refractivity contribution is 5.78. The third-order valence-corrected chi connectivity index (χ3v) is 3.77. The van der Waals surface area contributed by atoms with Crippen molar-refractivity contribution in [2.75, 3.05) is 26.2 Å². The van der Waals surface area contributed by atoms with Gasteiger partial charge in [-0.25, -0.2) is 0 Å². The van der Waals surface area contributed by atoms with Gasteiger partial charge in [0.05, 0.1) is 12.6 Å². The second kappa shape index (κ2) is 6.90. The summed E-state index contributed by atoms with van der Waals surface area (Å²) in [6.45, 7) is 2.65. The van der Waals surface area contributed by atoms with Gasteiger partial charge in [0.1, 0.15) is 0 Å². The van der Waals surface area contributed by atoms with Gasteiger partial charge in [-0.05, 0) is 38.5 Å². The molecular formula is C14H24N2O2. The monoisotopic (exact) mass is 252 g/mol. The number of β-amino-alcohol motifs (C(OH)–C–C–N with tert-alkyl or cyclic N) is 1. The van der Waals surface area contributed by atoms with Crippen molar-refractivity contribution in [3.8, 4) is 0 Å². The smallest absolute Gasteiger partial charge is 0.234 e. The molecule has 1 aliphatic carbocycles. The molecule has 1 amide bonds. The van der Waals surface area contributed by atoms with Gasteiger partial charge in [0, 0.05) is 19.6 Å². The zero-order valence-electron chi connectivity index (χ0n) is 11.0. The Labute approximate surface area is 109 Å². The first kappa shape index (κ1) is 13.6. The number of rotatable bonds is 5. The molecule has 1 aliphatic heterocycles. The fourth-order valence-corrected chi connectivity index (χ4v) is 2.71. The first-order valence-electron chi connectivity index (χ1n) is 7.09. The lowest BCUT2D eigenvalue weighted by atomic mass is 9.97.